The molecule has 0 bridgehead atoms. The van der Waals surface area contributed by atoms with Crippen molar-refractivity contribution < 1.29 is 37.2 Å². The van der Waals surface area contributed by atoms with Gasteiger partial charge < -0.3 is 25.8 Å². The van der Waals surface area contributed by atoms with Crippen LogP contribution in [0.15, 0.2) is 53.6 Å². The molecule has 6 heterocycles. The lowest BCUT2D eigenvalue weighted by atomic mass is 9.95. The highest BCUT2D eigenvalue weighted by molar-refractivity contribution is 7.90. The third-order valence-electron chi connectivity index (χ3n) is 12.4. The third-order valence-corrected chi connectivity index (χ3v) is 13.6. The number of amides is 6. The van der Waals surface area contributed by atoms with Crippen LogP contribution in [0.5, 0.6) is 0 Å². The van der Waals surface area contributed by atoms with Gasteiger partial charge in [-0.1, -0.05) is 12.1 Å². The van der Waals surface area contributed by atoms with Gasteiger partial charge in [-0.2, -0.15) is 0 Å². The van der Waals surface area contributed by atoms with Crippen molar-refractivity contribution in [1.82, 2.24) is 30.4 Å². The lowest BCUT2D eigenvalue weighted by molar-refractivity contribution is -0.136. The molecular weight excluding hydrogens is 791 g/mol. The van der Waals surface area contributed by atoms with Crippen LogP contribution in [0.1, 0.15) is 87.4 Å². The van der Waals surface area contributed by atoms with Crippen molar-refractivity contribution in [1.29, 1.82) is 0 Å². The second-order valence-electron chi connectivity index (χ2n) is 16.6. The van der Waals surface area contributed by atoms with E-state index in [4.69, 9.17) is 10.7 Å². The van der Waals surface area contributed by atoms with Crippen LogP contribution in [-0.4, -0.2) is 128 Å². The Hall–Kier alpha value is -5.75. The minimum atomic E-state index is -3.35. The Balaban J connectivity index is 0.812. The molecule has 60 heavy (non-hydrogen) atoms. The van der Waals surface area contributed by atoms with Crippen LogP contribution in [0.2, 0.25) is 0 Å². The summed E-state index contributed by atoms with van der Waals surface area (Å²) in [5.74, 6) is -1.79. The van der Waals surface area contributed by atoms with Gasteiger partial charge in [-0.05, 0) is 86.9 Å². The van der Waals surface area contributed by atoms with Gasteiger partial charge in [-0.25, -0.2) is 18.4 Å². The molecule has 6 amide bonds. The highest BCUT2D eigenvalue weighted by Crippen LogP contribution is 2.33. The van der Waals surface area contributed by atoms with Crippen molar-refractivity contribution in [3.8, 4) is 0 Å². The number of anilines is 2. The second-order valence-corrected chi connectivity index (χ2v) is 18.6. The zero-order chi connectivity index (χ0) is 42.3. The molecule has 4 N–H and O–H groups in total. The van der Waals surface area contributed by atoms with Crippen molar-refractivity contribution in [2.75, 3.05) is 61.9 Å². The topological polar surface area (TPSA) is 225 Å². The molecule has 3 atom stereocenters. The lowest BCUT2D eigenvalue weighted by Crippen LogP contribution is -2.54. The van der Waals surface area contributed by atoms with Gasteiger partial charge in [-0.15, -0.1) is 0 Å². The van der Waals surface area contributed by atoms with E-state index in [9.17, 15) is 37.2 Å². The molecule has 5 aliphatic heterocycles. The van der Waals surface area contributed by atoms with E-state index in [1.807, 2.05) is 6.07 Å². The summed E-state index contributed by atoms with van der Waals surface area (Å²) in [4.78, 5) is 93.3. The summed E-state index contributed by atoms with van der Waals surface area (Å²) >= 11 is 0. The van der Waals surface area contributed by atoms with E-state index in [2.05, 4.69) is 30.3 Å². The van der Waals surface area contributed by atoms with E-state index in [1.54, 1.807) is 24.3 Å². The number of benzene rings is 2. The maximum atomic E-state index is 13.6. The maximum Gasteiger partial charge on any atom is 0.269 e. The van der Waals surface area contributed by atoms with Gasteiger partial charge in [0.25, 0.3) is 17.7 Å². The molecule has 0 radical (unpaired) electrons. The number of likely N-dealkylation sites (tertiary alicyclic amines) is 1. The molecular formula is C42H49N9O8S. The summed E-state index contributed by atoms with van der Waals surface area (Å²) in [6, 6.07) is 10.6. The molecule has 5 aliphatic rings. The quantitative estimate of drug-likeness (QED) is 0.232. The number of rotatable bonds is 11. The molecule has 3 unspecified atom stereocenters. The highest BCUT2D eigenvalue weighted by atomic mass is 32.2. The Morgan fingerprint density at radius 1 is 0.883 bits per heavy atom. The largest absolute Gasteiger partial charge is 0.371 e. The molecule has 0 saturated carbocycles. The third kappa shape index (κ3) is 8.61. The average molecular weight is 840 g/mol. The smallest absolute Gasteiger partial charge is 0.269 e. The number of fused-ring (bicyclic) bond motifs is 1. The Bertz CT molecular complexity index is 2350. The molecule has 4 saturated heterocycles. The van der Waals surface area contributed by atoms with Crippen LogP contribution in [0.4, 0.5) is 11.5 Å². The zero-order valence-electron chi connectivity index (χ0n) is 33.5. The Morgan fingerprint density at radius 2 is 1.63 bits per heavy atom. The number of aromatic nitrogens is 2. The number of hydrogen-bond donors (Lipinski definition) is 3. The van der Waals surface area contributed by atoms with Crippen molar-refractivity contribution >= 4 is 56.8 Å². The van der Waals surface area contributed by atoms with Gasteiger partial charge in [0.05, 0.1) is 33.8 Å². The van der Waals surface area contributed by atoms with E-state index >= 15 is 0 Å². The number of primary amides is 1. The fourth-order valence-electron chi connectivity index (χ4n) is 9.18. The predicted molar refractivity (Wildman–Crippen MR) is 219 cm³/mol. The Labute approximate surface area is 348 Å². The van der Waals surface area contributed by atoms with Crippen LogP contribution in [0.25, 0.3) is 0 Å². The van der Waals surface area contributed by atoms with E-state index in [1.165, 1.54) is 18.3 Å². The summed E-state index contributed by atoms with van der Waals surface area (Å²) in [5.41, 5.74) is 8.24. The molecule has 17 nitrogen and oxygen atoms in total. The minimum Gasteiger partial charge on any atom is -0.371 e. The highest BCUT2D eigenvalue weighted by Gasteiger charge is 2.45. The number of piperidine rings is 3. The van der Waals surface area contributed by atoms with E-state index in [0.717, 1.165) is 80.7 Å². The normalized spacial score (nSPS) is 22.9. The monoisotopic (exact) mass is 839 g/mol. The molecule has 316 valence electrons. The minimum absolute atomic E-state index is 0.0494. The number of nitrogens with zero attached hydrogens (tertiary/aromatic N) is 6. The molecule has 2 aromatic carbocycles. The molecule has 4 fully saturated rings. The summed E-state index contributed by atoms with van der Waals surface area (Å²) in [5, 5.41) is 5.52. The summed E-state index contributed by atoms with van der Waals surface area (Å²) < 4.78 is 23.8. The van der Waals surface area contributed by atoms with Crippen molar-refractivity contribution in [2.45, 2.75) is 68.3 Å². The van der Waals surface area contributed by atoms with E-state index < -0.39 is 45.4 Å². The number of nitrogens with two attached hydrogens (primary N) is 1. The van der Waals surface area contributed by atoms with Gasteiger partial charge in [0.15, 0.2) is 9.84 Å². The maximum absolute atomic E-state index is 13.6. The van der Waals surface area contributed by atoms with Gasteiger partial charge in [0.2, 0.25) is 17.7 Å². The number of carbonyl (C=O) groups is 6. The summed E-state index contributed by atoms with van der Waals surface area (Å²) in [7, 11) is -3.35. The number of hydrogen-bond acceptors (Lipinski definition) is 13. The first-order valence-electron chi connectivity index (χ1n) is 20.5. The van der Waals surface area contributed by atoms with Crippen LogP contribution >= 0.6 is 0 Å². The first kappa shape index (κ1) is 41.0. The van der Waals surface area contributed by atoms with Crippen molar-refractivity contribution in [3.05, 3.63) is 76.7 Å². The second kappa shape index (κ2) is 16.7. The van der Waals surface area contributed by atoms with Gasteiger partial charge in [0, 0.05) is 70.1 Å². The molecule has 1 aromatic heterocycles. The van der Waals surface area contributed by atoms with Gasteiger partial charge in [0.1, 0.15) is 17.6 Å². The van der Waals surface area contributed by atoms with Crippen LogP contribution in [-0.2, 0) is 30.6 Å². The predicted octanol–water partition coefficient (Wildman–Crippen LogP) is 1.29. The summed E-state index contributed by atoms with van der Waals surface area (Å²) in [6.45, 7) is 5.27. The van der Waals surface area contributed by atoms with Crippen molar-refractivity contribution in [3.63, 3.8) is 0 Å². The lowest BCUT2D eigenvalue weighted by Gasteiger charge is -2.35. The molecule has 0 aliphatic carbocycles. The van der Waals surface area contributed by atoms with Crippen LogP contribution < -0.4 is 26.2 Å². The summed E-state index contributed by atoms with van der Waals surface area (Å²) in [6.07, 6.45) is 7.44. The number of sulfone groups is 1. The molecule has 3 aromatic rings. The fourth-order valence-corrected chi connectivity index (χ4v) is 9.81. The van der Waals surface area contributed by atoms with E-state index in [-0.39, 0.29) is 58.8 Å². The molecule has 8 rings (SSSR count). The molecule has 0 spiro atoms. The SMILES string of the molecule is CS(=O)(=O)c1ccc(Cc2nc(N3CCCC(NC(=O)C4CCN(CC5CCN(c6ccc7c(c6)C(=O)N(C6CCC(=O)NC6=O)C7=O)CC5)C4)C3)cnc2C(N)=O)cc1. The van der Waals surface area contributed by atoms with Crippen LogP contribution in [0.3, 0.4) is 0 Å². The first-order chi connectivity index (χ1) is 28.7. The van der Waals surface area contributed by atoms with Crippen molar-refractivity contribution in [2.24, 2.45) is 17.6 Å². The fraction of sp³-hybridized carbons (Fsp3) is 0.476. The standard InChI is InChI=1S/C42H49N9O8S/c1-60(58,59)30-7-4-25(5-8-30)19-33-37(38(43)53)44-21-35(46-33)50-15-2-3-28(24-50)45-39(54)27-14-16-48(23-27)22-26-12-17-49(18-13-26)29-6-9-31-32(20-29)42(57)51(41(31)56)34-10-11-36(52)47-40(34)55/h4-9,20-21,26-28,34H,2-3,10-19,22-24H2,1H3,(H2,43,53)(H,45,54)(H,47,52,55). The first-order valence-corrected chi connectivity index (χ1v) is 22.4. The average Bonchev–Trinajstić information content (AvgIpc) is 3.79. The Morgan fingerprint density at radius 3 is 2.35 bits per heavy atom. The molecule has 18 heteroatoms. The van der Waals surface area contributed by atoms with Crippen LogP contribution in [0, 0.1) is 11.8 Å². The van der Waals surface area contributed by atoms with Gasteiger partial charge >= 0.3 is 0 Å². The van der Waals surface area contributed by atoms with E-state index in [0.29, 0.717) is 37.1 Å². The number of nitrogens with one attached hydrogen (secondary N) is 2. The zero-order valence-corrected chi connectivity index (χ0v) is 34.3. The Kier molecular flexibility index (Phi) is 11.4. The number of imide groups is 2. The number of carbonyl (C=O) groups excluding carboxylic acids is 6. The van der Waals surface area contributed by atoms with Gasteiger partial charge in [-0.3, -0.25) is 39.0 Å².